The summed E-state index contributed by atoms with van der Waals surface area (Å²) in [6, 6.07) is 0.871. The van der Waals surface area contributed by atoms with E-state index in [2.05, 4.69) is 17.1 Å². The van der Waals surface area contributed by atoms with Gasteiger partial charge in [-0.3, -0.25) is 4.90 Å². The number of rotatable bonds is 5. The van der Waals surface area contributed by atoms with Gasteiger partial charge in [0.25, 0.3) is 0 Å². The van der Waals surface area contributed by atoms with Crippen LogP contribution in [0.25, 0.3) is 0 Å². The Balaban J connectivity index is 1.41. The van der Waals surface area contributed by atoms with Crippen LogP contribution in [0.15, 0.2) is 0 Å². The Morgan fingerprint density at radius 1 is 1.11 bits per heavy atom. The predicted octanol–water partition coefficient (Wildman–Crippen LogP) is 2.64. The van der Waals surface area contributed by atoms with Crippen LogP contribution >= 0.6 is 0 Å². The Hall–Kier alpha value is -0.0800. The van der Waals surface area contributed by atoms with Crippen molar-refractivity contribution in [2.24, 2.45) is 17.8 Å². The first-order valence-electron chi connectivity index (χ1n) is 8.24. The van der Waals surface area contributed by atoms with Crippen LogP contribution in [0.4, 0.5) is 0 Å². The van der Waals surface area contributed by atoms with E-state index in [0.29, 0.717) is 5.54 Å². The van der Waals surface area contributed by atoms with Crippen LogP contribution < -0.4 is 5.32 Å². The molecule has 1 N–H and O–H groups in total. The molecule has 4 fully saturated rings. The van der Waals surface area contributed by atoms with Crippen LogP contribution in [0.5, 0.6) is 0 Å². The first-order chi connectivity index (χ1) is 8.74. The summed E-state index contributed by atoms with van der Waals surface area (Å²) in [7, 11) is 0. The van der Waals surface area contributed by atoms with E-state index in [-0.39, 0.29) is 0 Å². The highest BCUT2D eigenvalue weighted by atomic mass is 15.3. The van der Waals surface area contributed by atoms with Gasteiger partial charge in [0, 0.05) is 24.7 Å². The number of nitrogens with one attached hydrogen (secondary N) is 1. The molecule has 102 valence electrons. The van der Waals surface area contributed by atoms with Crippen LogP contribution in [-0.2, 0) is 0 Å². The fourth-order valence-corrected chi connectivity index (χ4v) is 4.00. The molecular weight excluding hydrogens is 220 g/mol. The third kappa shape index (κ3) is 2.34. The number of nitrogens with zero attached hydrogens (tertiary/aromatic N) is 1. The van der Waals surface area contributed by atoms with Gasteiger partial charge in [0.1, 0.15) is 0 Å². The Morgan fingerprint density at radius 2 is 1.89 bits per heavy atom. The van der Waals surface area contributed by atoms with Gasteiger partial charge in [-0.2, -0.15) is 0 Å². The SMILES string of the molecule is CC1(C2CC2)CN(CCC2CC2)C(C2CC2)CN1. The second kappa shape index (κ2) is 4.21. The van der Waals surface area contributed by atoms with Crippen LogP contribution in [0.2, 0.25) is 0 Å². The molecule has 4 aliphatic rings. The lowest BCUT2D eigenvalue weighted by molar-refractivity contribution is 0.0620. The van der Waals surface area contributed by atoms with Gasteiger partial charge in [0.2, 0.25) is 0 Å². The Labute approximate surface area is 111 Å². The van der Waals surface area contributed by atoms with Crippen LogP contribution in [0.3, 0.4) is 0 Å². The monoisotopic (exact) mass is 248 g/mol. The summed E-state index contributed by atoms with van der Waals surface area (Å²) in [5, 5.41) is 3.92. The van der Waals surface area contributed by atoms with Crippen LogP contribution in [0.1, 0.15) is 51.9 Å². The molecule has 1 aliphatic heterocycles. The average molecular weight is 248 g/mol. The van der Waals surface area contributed by atoms with E-state index in [4.69, 9.17) is 0 Å². The highest BCUT2D eigenvalue weighted by Crippen LogP contribution is 2.44. The molecule has 0 aromatic carbocycles. The third-order valence-corrected chi connectivity index (χ3v) is 5.88. The number of hydrogen-bond donors (Lipinski definition) is 1. The van der Waals surface area contributed by atoms with E-state index in [0.717, 1.165) is 23.8 Å². The highest BCUT2D eigenvalue weighted by Gasteiger charge is 2.48. The van der Waals surface area contributed by atoms with Crippen molar-refractivity contribution in [3.05, 3.63) is 0 Å². The summed E-state index contributed by atoms with van der Waals surface area (Å²) in [6.45, 7) is 6.46. The van der Waals surface area contributed by atoms with Crippen molar-refractivity contribution in [2.75, 3.05) is 19.6 Å². The molecule has 0 aromatic rings. The van der Waals surface area contributed by atoms with Gasteiger partial charge in [0.05, 0.1) is 0 Å². The molecule has 2 nitrogen and oxygen atoms in total. The van der Waals surface area contributed by atoms with E-state index in [1.165, 1.54) is 64.6 Å². The Morgan fingerprint density at radius 3 is 2.50 bits per heavy atom. The Kier molecular flexibility index (Phi) is 2.74. The standard InChI is InChI=1S/C16H28N2/c1-16(14-6-7-14)11-18(9-8-12-2-3-12)15(10-17-16)13-4-5-13/h12-15,17H,2-11H2,1H3. The van der Waals surface area contributed by atoms with Crippen molar-refractivity contribution < 1.29 is 0 Å². The summed E-state index contributed by atoms with van der Waals surface area (Å²) < 4.78 is 0. The summed E-state index contributed by atoms with van der Waals surface area (Å²) in [4.78, 5) is 2.88. The van der Waals surface area contributed by atoms with E-state index < -0.39 is 0 Å². The lowest BCUT2D eigenvalue weighted by Gasteiger charge is -2.47. The molecule has 2 heteroatoms. The summed E-state index contributed by atoms with van der Waals surface area (Å²) in [5.41, 5.74) is 0.439. The van der Waals surface area contributed by atoms with Gasteiger partial charge in [0.15, 0.2) is 0 Å². The topological polar surface area (TPSA) is 15.3 Å². The lowest BCUT2D eigenvalue weighted by atomic mass is 9.89. The minimum absolute atomic E-state index is 0.439. The molecule has 0 radical (unpaired) electrons. The van der Waals surface area contributed by atoms with Crippen molar-refractivity contribution in [3.63, 3.8) is 0 Å². The molecule has 0 spiro atoms. The third-order valence-electron chi connectivity index (χ3n) is 5.88. The van der Waals surface area contributed by atoms with E-state index in [1.54, 1.807) is 0 Å². The second-order valence-corrected chi connectivity index (χ2v) is 7.68. The normalized spacial score (nSPS) is 42.2. The maximum absolute atomic E-state index is 3.92. The first kappa shape index (κ1) is 11.7. The first-order valence-corrected chi connectivity index (χ1v) is 8.24. The molecule has 4 rings (SSSR count). The second-order valence-electron chi connectivity index (χ2n) is 7.68. The number of piperazine rings is 1. The minimum Gasteiger partial charge on any atom is -0.308 e. The molecule has 18 heavy (non-hydrogen) atoms. The van der Waals surface area contributed by atoms with Crippen molar-refractivity contribution in [2.45, 2.75) is 63.5 Å². The van der Waals surface area contributed by atoms with Crippen molar-refractivity contribution in [1.82, 2.24) is 10.2 Å². The van der Waals surface area contributed by atoms with Gasteiger partial charge in [-0.1, -0.05) is 12.8 Å². The highest BCUT2D eigenvalue weighted by molar-refractivity contribution is 5.06. The Bertz CT molecular complexity index is 317. The zero-order valence-electron chi connectivity index (χ0n) is 11.8. The molecule has 1 heterocycles. The average Bonchev–Trinajstić information content (AvgIpc) is 3.23. The lowest BCUT2D eigenvalue weighted by Crippen LogP contribution is -2.64. The fourth-order valence-electron chi connectivity index (χ4n) is 4.00. The van der Waals surface area contributed by atoms with Gasteiger partial charge in [-0.15, -0.1) is 0 Å². The zero-order chi connectivity index (χ0) is 12.2. The smallest absolute Gasteiger partial charge is 0.0309 e. The van der Waals surface area contributed by atoms with Crippen molar-refractivity contribution in [1.29, 1.82) is 0 Å². The molecule has 0 bridgehead atoms. The summed E-state index contributed by atoms with van der Waals surface area (Å²) >= 11 is 0. The van der Waals surface area contributed by atoms with Gasteiger partial charge in [-0.05, 0) is 63.3 Å². The molecule has 2 unspecified atom stereocenters. The summed E-state index contributed by atoms with van der Waals surface area (Å²) in [6.07, 6.45) is 10.4. The molecule has 3 aliphatic carbocycles. The minimum atomic E-state index is 0.439. The maximum Gasteiger partial charge on any atom is 0.0309 e. The van der Waals surface area contributed by atoms with E-state index in [9.17, 15) is 0 Å². The van der Waals surface area contributed by atoms with E-state index >= 15 is 0 Å². The van der Waals surface area contributed by atoms with Crippen LogP contribution in [0, 0.1) is 17.8 Å². The quantitative estimate of drug-likeness (QED) is 0.804. The predicted molar refractivity (Wildman–Crippen MR) is 74.6 cm³/mol. The zero-order valence-corrected chi connectivity index (χ0v) is 11.8. The van der Waals surface area contributed by atoms with Crippen molar-refractivity contribution >= 4 is 0 Å². The van der Waals surface area contributed by atoms with E-state index in [1.807, 2.05) is 0 Å². The molecule has 0 amide bonds. The molecule has 2 atom stereocenters. The largest absolute Gasteiger partial charge is 0.308 e. The molecular formula is C16H28N2. The number of hydrogen-bond acceptors (Lipinski definition) is 2. The molecule has 1 saturated heterocycles. The fraction of sp³-hybridized carbons (Fsp3) is 1.00. The van der Waals surface area contributed by atoms with Gasteiger partial charge < -0.3 is 5.32 Å². The van der Waals surface area contributed by atoms with Crippen LogP contribution in [-0.4, -0.2) is 36.1 Å². The molecule has 0 aromatic heterocycles. The maximum atomic E-state index is 3.92. The van der Waals surface area contributed by atoms with Gasteiger partial charge in [-0.25, -0.2) is 0 Å². The molecule has 3 saturated carbocycles. The van der Waals surface area contributed by atoms with Gasteiger partial charge >= 0.3 is 0 Å². The van der Waals surface area contributed by atoms with Crippen molar-refractivity contribution in [3.8, 4) is 0 Å². The summed E-state index contributed by atoms with van der Waals surface area (Å²) in [5.74, 6) is 3.09.